The Morgan fingerprint density at radius 3 is 2.25 bits per heavy atom. The van der Waals surface area contributed by atoms with E-state index in [1.807, 2.05) is 0 Å². The van der Waals surface area contributed by atoms with E-state index in [1.54, 1.807) is 0 Å². The second kappa shape index (κ2) is 2.42. The number of hydrogen-bond acceptors (Lipinski definition) is 1. The van der Waals surface area contributed by atoms with Gasteiger partial charge in [0.2, 0.25) is 5.39 Å². The first-order valence-electron chi connectivity index (χ1n) is 1.02. The van der Waals surface area contributed by atoms with E-state index in [9.17, 15) is 0 Å². The Morgan fingerprint density at radius 2 is 2.25 bits per heavy atom. The van der Waals surface area contributed by atoms with Crippen molar-refractivity contribution in [1.29, 1.82) is 5.39 Å². The average molecular weight is 56.1 g/mol. The molecule has 0 atom stereocenters. The minimum Gasteiger partial charge on any atom is 0.0357 e. The molecule has 0 N–H and O–H groups in total. The van der Waals surface area contributed by atoms with Crippen LogP contribution in [0.15, 0.2) is 0 Å². The summed E-state index contributed by atoms with van der Waals surface area (Å²) < 4.78 is 0. The van der Waals surface area contributed by atoms with Crippen LogP contribution in [0.1, 0.15) is 0 Å². The third-order valence-corrected chi connectivity index (χ3v) is 0.1000. The van der Waals surface area contributed by atoms with Gasteiger partial charge in [0.1, 0.15) is 4.98 Å². The number of nitrogens with zero attached hydrogens (tertiary/aromatic N) is 2. The lowest BCUT2D eigenvalue weighted by atomic mass is 10.8. The number of hydrogen-bond donors (Lipinski definition) is 0. The maximum atomic E-state index is 7.44. The van der Waals surface area contributed by atoms with E-state index >= 15 is 0 Å². The summed E-state index contributed by atoms with van der Waals surface area (Å²) in [5.41, 5.74) is 0. The van der Waals surface area contributed by atoms with Gasteiger partial charge >= 0.3 is 6.54 Å². The fourth-order valence-corrected chi connectivity index (χ4v) is 0. The van der Waals surface area contributed by atoms with Crippen LogP contribution in [-0.2, 0) is 0 Å². The monoisotopic (exact) mass is 56.0 g/mol. The summed E-state index contributed by atoms with van der Waals surface area (Å²) in [6, 6.07) is 0. The lowest BCUT2D eigenvalue weighted by molar-refractivity contribution is 1.35. The highest BCUT2D eigenvalue weighted by molar-refractivity contribution is 4.51. The van der Waals surface area contributed by atoms with Crippen LogP contribution in [0, 0.1) is 12.3 Å². The smallest absolute Gasteiger partial charge is 0.0357 e. The Morgan fingerprint density at radius 1 is 2.00 bits per heavy atom. The predicted octanol–water partition coefficient (Wildman–Crippen LogP) is 0.674. The largest absolute Gasteiger partial charge is 0.305 e. The van der Waals surface area contributed by atoms with Crippen molar-refractivity contribution in [3.8, 4) is 0 Å². The van der Waals surface area contributed by atoms with Gasteiger partial charge in [-0.3, -0.25) is 0 Å². The molecule has 0 rings (SSSR count). The zero-order chi connectivity index (χ0) is 3.41. The Balaban J connectivity index is 2.43. The Bertz CT molecular complexity index is 33.8. The summed E-state index contributed by atoms with van der Waals surface area (Å²) in [7, 11) is 0. The van der Waals surface area contributed by atoms with Crippen molar-refractivity contribution >= 4 is 0 Å². The molecular weight excluding hydrogens is 52.0 g/mol. The third kappa shape index (κ3) is 1.42. The first-order valence-corrected chi connectivity index (χ1v) is 1.02. The molecule has 0 aromatic carbocycles. The molecule has 0 saturated heterocycles. The van der Waals surface area contributed by atoms with Crippen LogP contribution in [0.2, 0.25) is 0 Å². The van der Waals surface area contributed by atoms with E-state index in [4.69, 9.17) is 5.39 Å². The zero-order valence-electron chi connectivity index (χ0n) is 2.31. The first-order chi connectivity index (χ1) is 1.91. The van der Waals surface area contributed by atoms with Crippen molar-refractivity contribution in [2.24, 2.45) is 0 Å². The summed E-state index contributed by atoms with van der Waals surface area (Å²) in [5, 5.41) is 7.44. The summed E-state index contributed by atoms with van der Waals surface area (Å²) >= 11 is 0. The second-order valence-corrected chi connectivity index (χ2v) is 0.365. The van der Waals surface area contributed by atoms with Crippen LogP contribution in [-0.4, -0.2) is 6.54 Å². The van der Waals surface area contributed by atoms with Crippen LogP contribution < -0.4 is 0 Å². The molecule has 0 aromatic heterocycles. The Hall–Kier alpha value is -0.580. The second-order valence-electron chi connectivity index (χ2n) is 0.365. The maximum absolute atomic E-state index is 7.44. The van der Waals surface area contributed by atoms with E-state index in [-0.39, 0.29) is 6.54 Å². The van der Waals surface area contributed by atoms with Gasteiger partial charge in [0.15, 0.2) is 0 Å². The Labute approximate surface area is 25.1 Å². The SMILES string of the molecule is [CH2]C[N+]#N. The standard InChI is InChI=1S/C2H4N2/c1-2-4-3/h1-2H2/q+1. The van der Waals surface area contributed by atoms with Gasteiger partial charge in [-0.05, 0) is 0 Å². The van der Waals surface area contributed by atoms with Crippen LogP contribution in [0.5, 0.6) is 0 Å². The molecule has 0 aliphatic carbocycles. The van der Waals surface area contributed by atoms with Crippen molar-refractivity contribution in [1.82, 2.24) is 0 Å². The van der Waals surface area contributed by atoms with E-state index < -0.39 is 0 Å². The van der Waals surface area contributed by atoms with Crippen LogP contribution in [0.4, 0.5) is 0 Å². The highest BCUT2D eigenvalue weighted by Crippen LogP contribution is 1.51. The van der Waals surface area contributed by atoms with Crippen molar-refractivity contribution < 1.29 is 0 Å². The molecule has 0 unspecified atom stereocenters. The summed E-state index contributed by atoms with van der Waals surface area (Å²) in [4.78, 5) is 2.62. The number of rotatable bonds is 0. The molecule has 0 bridgehead atoms. The predicted molar refractivity (Wildman–Crippen MR) is 15.3 cm³/mol. The molecule has 0 aromatic rings. The van der Waals surface area contributed by atoms with Gasteiger partial charge in [0, 0.05) is 6.92 Å². The van der Waals surface area contributed by atoms with Crippen molar-refractivity contribution in [2.75, 3.05) is 6.54 Å². The highest BCUT2D eigenvalue weighted by atomic mass is 14.8. The van der Waals surface area contributed by atoms with Crippen LogP contribution in [0.25, 0.3) is 4.98 Å². The zero-order valence-corrected chi connectivity index (χ0v) is 2.31. The Kier molecular flexibility index (Phi) is 2.07. The van der Waals surface area contributed by atoms with Crippen molar-refractivity contribution in [3.05, 3.63) is 11.9 Å². The molecule has 0 heterocycles. The molecule has 1 radical (unpaired) electrons. The minimum absolute atomic E-state index is 0.250. The van der Waals surface area contributed by atoms with Gasteiger partial charge in [-0.2, -0.15) is 0 Å². The van der Waals surface area contributed by atoms with Gasteiger partial charge in [-0.25, -0.2) is 0 Å². The highest BCUT2D eigenvalue weighted by Gasteiger charge is 1.67. The summed E-state index contributed by atoms with van der Waals surface area (Å²) in [5.74, 6) is 0. The molecule has 21 valence electrons. The lowest BCUT2D eigenvalue weighted by Gasteiger charge is -1.29. The first kappa shape index (κ1) is 3.42. The van der Waals surface area contributed by atoms with E-state index in [0.717, 1.165) is 0 Å². The number of diazo groups is 1. The average Bonchev–Trinajstić information content (AvgIpc) is 1.37. The molecule has 0 fully saturated rings. The molecular formula is C2H4N2+. The maximum Gasteiger partial charge on any atom is 0.305 e. The molecule has 2 heteroatoms. The topological polar surface area (TPSA) is 28.1 Å². The van der Waals surface area contributed by atoms with Crippen LogP contribution in [0.3, 0.4) is 0 Å². The lowest BCUT2D eigenvalue weighted by Crippen LogP contribution is -1.49. The van der Waals surface area contributed by atoms with Gasteiger partial charge in [0.05, 0.1) is 0 Å². The molecule has 0 saturated carbocycles. The van der Waals surface area contributed by atoms with E-state index in [0.29, 0.717) is 0 Å². The van der Waals surface area contributed by atoms with E-state index in [2.05, 4.69) is 11.9 Å². The summed E-state index contributed by atoms with van der Waals surface area (Å²) in [6.45, 7) is 3.44. The van der Waals surface area contributed by atoms with Crippen molar-refractivity contribution in [3.63, 3.8) is 0 Å². The molecule has 0 aliphatic heterocycles. The van der Waals surface area contributed by atoms with Gasteiger partial charge in [-0.15, -0.1) is 0 Å². The van der Waals surface area contributed by atoms with Gasteiger partial charge < -0.3 is 0 Å². The van der Waals surface area contributed by atoms with Gasteiger partial charge in [0.25, 0.3) is 0 Å². The third-order valence-electron chi connectivity index (χ3n) is 0.1000. The van der Waals surface area contributed by atoms with Crippen molar-refractivity contribution in [2.45, 2.75) is 0 Å². The normalized spacial score (nSPS) is 5.00. The quantitative estimate of drug-likeness (QED) is 0.375. The minimum atomic E-state index is 0.250. The fraction of sp³-hybridized carbons (Fsp3) is 0.500. The van der Waals surface area contributed by atoms with Crippen LogP contribution >= 0.6 is 0 Å². The molecule has 2 nitrogen and oxygen atoms in total. The molecule has 0 aliphatic rings. The molecule has 4 heavy (non-hydrogen) atoms. The van der Waals surface area contributed by atoms with Gasteiger partial charge in [-0.1, -0.05) is 0 Å². The molecule has 0 spiro atoms. The van der Waals surface area contributed by atoms with E-state index in [1.165, 1.54) is 0 Å². The fourth-order valence-electron chi connectivity index (χ4n) is 0. The summed E-state index contributed by atoms with van der Waals surface area (Å²) in [6.07, 6.45) is 0. The molecule has 0 amide bonds.